The molecule has 21 heavy (non-hydrogen) atoms. The van der Waals surface area contributed by atoms with Crippen LogP contribution in [0.1, 0.15) is 15.9 Å². The van der Waals surface area contributed by atoms with Gasteiger partial charge in [0.25, 0.3) is 0 Å². The van der Waals surface area contributed by atoms with Gasteiger partial charge in [0.05, 0.1) is 5.56 Å². The topological polar surface area (TPSA) is 91.3 Å². The number of aromatic nitrogens is 1. The number of rotatable bonds is 4. The Bertz CT molecular complexity index is 662. The number of nitrogens with zero attached hydrogens (tertiary/aromatic N) is 1. The monoisotopic (exact) mass is 289 g/mol. The Hall–Kier alpha value is -2.96. The number of pyridine rings is 1. The maximum atomic E-state index is 13.4. The molecule has 7 heteroatoms. The molecule has 2 amide bonds. The molecule has 1 aromatic carbocycles. The Balaban J connectivity index is 1.94. The SMILES string of the molecule is O=C(NCc1cccnc1)Nc1ccc(C(=O)O)c(F)c1. The lowest BCUT2D eigenvalue weighted by atomic mass is 10.2. The quantitative estimate of drug-likeness (QED) is 0.805. The van der Waals surface area contributed by atoms with E-state index in [1.54, 1.807) is 24.5 Å². The second kappa shape index (κ2) is 6.47. The molecule has 0 aliphatic rings. The first-order chi connectivity index (χ1) is 10.1. The Morgan fingerprint density at radius 3 is 2.71 bits per heavy atom. The molecule has 1 heterocycles. The first kappa shape index (κ1) is 14.4. The van der Waals surface area contributed by atoms with Crippen LogP contribution in [0.2, 0.25) is 0 Å². The molecule has 0 bridgehead atoms. The number of carbonyl (C=O) groups excluding carboxylic acids is 1. The summed E-state index contributed by atoms with van der Waals surface area (Å²) in [4.78, 5) is 26.2. The van der Waals surface area contributed by atoms with Crippen LogP contribution in [-0.2, 0) is 6.54 Å². The van der Waals surface area contributed by atoms with Crippen LogP contribution in [0.25, 0.3) is 0 Å². The molecule has 0 saturated heterocycles. The van der Waals surface area contributed by atoms with E-state index in [4.69, 9.17) is 5.11 Å². The first-order valence-electron chi connectivity index (χ1n) is 6.03. The highest BCUT2D eigenvalue weighted by Gasteiger charge is 2.11. The minimum absolute atomic E-state index is 0.168. The molecule has 0 atom stereocenters. The molecule has 0 fully saturated rings. The van der Waals surface area contributed by atoms with Crippen LogP contribution < -0.4 is 10.6 Å². The van der Waals surface area contributed by atoms with Crippen LogP contribution in [0.5, 0.6) is 0 Å². The fraction of sp³-hybridized carbons (Fsp3) is 0.0714. The second-order valence-electron chi connectivity index (χ2n) is 4.17. The van der Waals surface area contributed by atoms with Crippen molar-refractivity contribution in [3.63, 3.8) is 0 Å². The predicted molar refractivity (Wildman–Crippen MR) is 73.5 cm³/mol. The molecule has 0 saturated carbocycles. The van der Waals surface area contributed by atoms with E-state index in [1.807, 2.05) is 0 Å². The Labute approximate surface area is 119 Å². The number of carboxylic acids is 1. The van der Waals surface area contributed by atoms with Gasteiger partial charge in [0.2, 0.25) is 0 Å². The second-order valence-corrected chi connectivity index (χ2v) is 4.17. The van der Waals surface area contributed by atoms with Gasteiger partial charge in [-0.3, -0.25) is 4.98 Å². The molecule has 0 radical (unpaired) electrons. The maximum absolute atomic E-state index is 13.4. The molecule has 3 N–H and O–H groups in total. The third kappa shape index (κ3) is 4.00. The summed E-state index contributed by atoms with van der Waals surface area (Å²) in [5.74, 6) is -2.27. The molecule has 0 aliphatic heterocycles. The lowest BCUT2D eigenvalue weighted by Crippen LogP contribution is -2.28. The average Bonchev–Trinajstić information content (AvgIpc) is 2.46. The van der Waals surface area contributed by atoms with E-state index < -0.39 is 23.4 Å². The smallest absolute Gasteiger partial charge is 0.338 e. The third-order valence-corrected chi connectivity index (χ3v) is 2.63. The van der Waals surface area contributed by atoms with E-state index in [-0.39, 0.29) is 12.2 Å². The van der Waals surface area contributed by atoms with E-state index in [9.17, 15) is 14.0 Å². The van der Waals surface area contributed by atoms with Crippen LogP contribution in [0.3, 0.4) is 0 Å². The van der Waals surface area contributed by atoms with E-state index in [1.165, 1.54) is 6.07 Å². The van der Waals surface area contributed by atoms with Gasteiger partial charge in [-0.25, -0.2) is 14.0 Å². The number of amides is 2. The average molecular weight is 289 g/mol. The van der Waals surface area contributed by atoms with Gasteiger partial charge in [0, 0.05) is 24.6 Å². The minimum atomic E-state index is -1.36. The van der Waals surface area contributed by atoms with Gasteiger partial charge < -0.3 is 15.7 Å². The van der Waals surface area contributed by atoms with Gasteiger partial charge in [-0.2, -0.15) is 0 Å². The highest BCUT2D eigenvalue weighted by molar-refractivity contribution is 5.91. The zero-order valence-electron chi connectivity index (χ0n) is 10.8. The van der Waals surface area contributed by atoms with Crippen LogP contribution in [0, 0.1) is 5.82 Å². The number of urea groups is 1. The number of halogens is 1. The van der Waals surface area contributed by atoms with Gasteiger partial charge in [-0.15, -0.1) is 0 Å². The Morgan fingerprint density at radius 2 is 2.10 bits per heavy atom. The van der Waals surface area contributed by atoms with E-state index in [0.717, 1.165) is 17.7 Å². The molecular formula is C14H12FN3O3. The lowest BCUT2D eigenvalue weighted by Gasteiger charge is -2.08. The van der Waals surface area contributed by atoms with Gasteiger partial charge in [0.1, 0.15) is 5.82 Å². The fourth-order valence-corrected chi connectivity index (χ4v) is 1.63. The van der Waals surface area contributed by atoms with E-state index in [0.29, 0.717) is 0 Å². The number of carboxylic acid groups (broad SMARTS) is 1. The molecule has 0 aliphatic carbocycles. The van der Waals surface area contributed by atoms with Crippen LogP contribution in [0.4, 0.5) is 14.9 Å². The summed E-state index contributed by atoms with van der Waals surface area (Å²) >= 11 is 0. The first-order valence-corrected chi connectivity index (χ1v) is 6.03. The normalized spacial score (nSPS) is 9.95. The largest absolute Gasteiger partial charge is 0.478 e. The van der Waals surface area contributed by atoms with Crippen molar-refractivity contribution in [2.45, 2.75) is 6.54 Å². The highest BCUT2D eigenvalue weighted by Crippen LogP contribution is 2.14. The molecule has 108 valence electrons. The zero-order valence-corrected chi connectivity index (χ0v) is 10.8. The summed E-state index contributed by atoms with van der Waals surface area (Å²) in [7, 11) is 0. The molecule has 6 nitrogen and oxygen atoms in total. The maximum Gasteiger partial charge on any atom is 0.338 e. The number of nitrogens with one attached hydrogen (secondary N) is 2. The van der Waals surface area contributed by atoms with Crippen molar-refractivity contribution in [1.82, 2.24) is 10.3 Å². The highest BCUT2D eigenvalue weighted by atomic mass is 19.1. The van der Waals surface area contributed by atoms with Gasteiger partial charge >= 0.3 is 12.0 Å². The molecule has 0 unspecified atom stereocenters. The summed E-state index contributed by atoms with van der Waals surface area (Å²) in [5, 5.41) is 13.7. The lowest BCUT2D eigenvalue weighted by molar-refractivity contribution is 0.0692. The van der Waals surface area contributed by atoms with Gasteiger partial charge in [-0.1, -0.05) is 6.07 Å². The predicted octanol–water partition coefficient (Wildman–Crippen LogP) is 2.24. The number of anilines is 1. The van der Waals surface area contributed by atoms with Crippen molar-refractivity contribution in [3.8, 4) is 0 Å². The Kier molecular flexibility index (Phi) is 4.45. The Morgan fingerprint density at radius 1 is 1.29 bits per heavy atom. The van der Waals surface area contributed by atoms with Gasteiger partial charge in [-0.05, 0) is 29.8 Å². The van der Waals surface area contributed by atoms with Crippen molar-refractivity contribution in [1.29, 1.82) is 0 Å². The van der Waals surface area contributed by atoms with Crippen LogP contribution in [0.15, 0.2) is 42.7 Å². The molecule has 2 rings (SSSR count). The molecule has 1 aromatic heterocycles. The summed E-state index contributed by atoms with van der Waals surface area (Å²) < 4.78 is 13.4. The number of hydrogen-bond donors (Lipinski definition) is 3. The molecule has 0 spiro atoms. The standard InChI is InChI=1S/C14H12FN3O3/c15-12-6-10(3-4-11(12)13(19)20)18-14(21)17-8-9-2-1-5-16-7-9/h1-7H,8H2,(H,19,20)(H2,17,18,21). The number of carbonyl (C=O) groups is 2. The van der Waals surface area contributed by atoms with Crippen molar-refractivity contribution in [3.05, 3.63) is 59.7 Å². The zero-order chi connectivity index (χ0) is 15.2. The fourth-order valence-electron chi connectivity index (χ4n) is 1.63. The molecule has 2 aromatic rings. The number of hydrogen-bond acceptors (Lipinski definition) is 3. The van der Waals surface area contributed by atoms with Gasteiger partial charge in [0.15, 0.2) is 0 Å². The third-order valence-electron chi connectivity index (χ3n) is 2.63. The number of benzene rings is 1. The van der Waals surface area contributed by atoms with Crippen molar-refractivity contribution >= 4 is 17.7 Å². The summed E-state index contributed by atoms with van der Waals surface area (Å²) in [5.41, 5.74) is 0.539. The van der Waals surface area contributed by atoms with Crippen LogP contribution >= 0.6 is 0 Å². The van der Waals surface area contributed by atoms with Crippen molar-refractivity contribution < 1.29 is 19.1 Å². The summed E-state index contributed by atoms with van der Waals surface area (Å²) in [6.45, 7) is 0.273. The van der Waals surface area contributed by atoms with Crippen molar-refractivity contribution in [2.75, 3.05) is 5.32 Å². The van der Waals surface area contributed by atoms with Crippen molar-refractivity contribution in [2.24, 2.45) is 0 Å². The summed E-state index contributed by atoms with van der Waals surface area (Å²) in [6.07, 6.45) is 3.23. The minimum Gasteiger partial charge on any atom is -0.478 e. The van der Waals surface area contributed by atoms with E-state index >= 15 is 0 Å². The molecular weight excluding hydrogens is 277 g/mol. The summed E-state index contributed by atoms with van der Waals surface area (Å²) in [6, 6.07) is 6.38. The van der Waals surface area contributed by atoms with E-state index in [2.05, 4.69) is 15.6 Å². The number of aromatic carboxylic acids is 1. The van der Waals surface area contributed by atoms with Crippen LogP contribution in [-0.4, -0.2) is 22.1 Å².